The van der Waals surface area contributed by atoms with Gasteiger partial charge in [-0.25, -0.2) is 4.68 Å². The maximum Gasteiger partial charge on any atom is 0.311 e. The number of ether oxygens (including phenoxy) is 1. The highest BCUT2D eigenvalue weighted by Gasteiger charge is 2.40. The highest BCUT2D eigenvalue weighted by Crippen LogP contribution is 2.30. The van der Waals surface area contributed by atoms with Crippen LogP contribution in [0.5, 0.6) is 0 Å². The number of nitrogens with one attached hydrogen (secondary N) is 1. The molecule has 3 rings (SSSR count). The van der Waals surface area contributed by atoms with Gasteiger partial charge in [-0.3, -0.25) is 9.59 Å². The molecule has 1 aromatic carbocycles. The lowest BCUT2D eigenvalue weighted by Crippen LogP contribution is -2.46. The molecule has 0 saturated carbocycles. The van der Waals surface area contributed by atoms with E-state index in [2.05, 4.69) is 15.6 Å². The number of rotatable bonds is 5. The molecule has 0 spiro atoms. The fourth-order valence-corrected chi connectivity index (χ4v) is 2.76. The molecule has 1 fully saturated rings. The van der Waals surface area contributed by atoms with E-state index in [1.165, 1.54) is 10.9 Å². The fourth-order valence-electron chi connectivity index (χ4n) is 2.76. The van der Waals surface area contributed by atoms with Gasteiger partial charge in [-0.1, -0.05) is 22.9 Å². The topological polar surface area (TPSA) is 106 Å². The molecule has 0 radical (unpaired) electrons. The average molecular weight is 344 g/mol. The molecule has 2 heterocycles. The first-order valence-electron chi connectivity index (χ1n) is 8.09. The Kier molecular flexibility index (Phi) is 4.80. The standard InChI is InChI=1S/C17H20N4O4/c1-12-2-4-13(5-3-12)21-10-14(19-20-21)15(22)18-11-17(16(23)24)6-8-25-9-7-17/h2-5,10H,6-9,11H2,1H3,(H,18,22)(H,23,24). The molecule has 25 heavy (non-hydrogen) atoms. The summed E-state index contributed by atoms with van der Waals surface area (Å²) in [4.78, 5) is 23.9. The zero-order valence-electron chi connectivity index (χ0n) is 13.9. The van der Waals surface area contributed by atoms with Gasteiger partial charge in [0.05, 0.1) is 17.3 Å². The van der Waals surface area contributed by atoms with Crippen LogP contribution in [0.2, 0.25) is 0 Å². The number of benzene rings is 1. The van der Waals surface area contributed by atoms with E-state index in [-0.39, 0.29) is 12.2 Å². The van der Waals surface area contributed by atoms with Gasteiger partial charge < -0.3 is 15.2 Å². The number of carboxylic acids is 1. The number of aromatic nitrogens is 3. The molecule has 0 aliphatic carbocycles. The normalized spacial score (nSPS) is 16.4. The van der Waals surface area contributed by atoms with Crippen molar-refractivity contribution >= 4 is 11.9 Å². The van der Waals surface area contributed by atoms with E-state index in [0.717, 1.165) is 11.3 Å². The monoisotopic (exact) mass is 344 g/mol. The summed E-state index contributed by atoms with van der Waals surface area (Å²) in [6.07, 6.45) is 2.27. The van der Waals surface area contributed by atoms with Crippen LogP contribution in [0.1, 0.15) is 28.9 Å². The number of carboxylic acid groups (broad SMARTS) is 1. The number of hydrogen-bond acceptors (Lipinski definition) is 5. The van der Waals surface area contributed by atoms with Gasteiger partial charge in [0.1, 0.15) is 0 Å². The molecule has 8 nitrogen and oxygen atoms in total. The van der Waals surface area contributed by atoms with Crippen molar-refractivity contribution in [3.05, 3.63) is 41.7 Å². The lowest BCUT2D eigenvalue weighted by Gasteiger charge is -2.32. The highest BCUT2D eigenvalue weighted by atomic mass is 16.5. The summed E-state index contributed by atoms with van der Waals surface area (Å²) in [6.45, 7) is 2.79. The molecular formula is C17H20N4O4. The fraction of sp³-hybridized carbons (Fsp3) is 0.412. The van der Waals surface area contributed by atoms with Gasteiger partial charge >= 0.3 is 5.97 Å². The predicted molar refractivity (Wildman–Crippen MR) is 88.6 cm³/mol. The SMILES string of the molecule is Cc1ccc(-n2cc(C(=O)NCC3(C(=O)O)CCOCC3)nn2)cc1. The van der Waals surface area contributed by atoms with Crippen LogP contribution in [-0.4, -0.2) is 51.7 Å². The van der Waals surface area contributed by atoms with Crippen molar-refractivity contribution in [2.75, 3.05) is 19.8 Å². The van der Waals surface area contributed by atoms with Crippen LogP contribution in [-0.2, 0) is 9.53 Å². The van der Waals surface area contributed by atoms with Crippen molar-refractivity contribution in [3.63, 3.8) is 0 Å². The van der Waals surface area contributed by atoms with Crippen molar-refractivity contribution in [1.29, 1.82) is 0 Å². The molecule has 132 valence electrons. The Morgan fingerprint density at radius 2 is 1.96 bits per heavy atom. The first-order chi connectivity index (χ1) is 12.0. The van der Waals surface area contributed by atoms with Crippen molar-refractivity contribution in [3.8, 4) is 5.69 Å². The summed E-state index contributed by atoms with van der Waals surface area (Å²) in [7, 11) is 0. The minimum Gasteiger partial charge on any atom is -0.481 e. The molecule has 0 bridgehead atoms. The van der Waals surface area contributed by atoms with Crippen molar-refractivity contribution in [2.24, 2.45) is 5.41 Å². The molecule has 1 aromatic heterocycles. The predicted octanol–water partition coefficient (Wildman–Crippen LogP) is 1.19. The number of amides is 1. The van der Waals surface area contributed by atoms with Gasteiger partial charge in [0.15, 0.2) is 5.69 Å². The number of nitrogens with zero attached hydrogens (tertiary/aromatic N) is 3. The zero-order valence-corrected chi connectivity index (χ0v) is 13.9. The maximum absolute atomic E-state index is 12.3. The Morgan fingerprint density at radius 3 is 2.60 bits per heavy atom. The number of aliphatic carboxylic acids is 1. The number of aryl methyl sites for hydroxylation is 1. The largest absolute Gasteiger partial charge is 0.481 e. The van der Waals surface area contributed by atoms with E-state index in [4.69, 9.17) is 4.74 Å². The first-order valence-corrected chi connectivity index (χ1v) is 8.09. The van der Waals surface area contributed by atoms with E-state index < -0.39 is 17.3 Å². The second kappa shape index (κ2) is 7.02. The van der Waals surface area contributed by atoms with Gasteiger partial charge in [-0.2, -0.15) is 0 Å². The molecule has 0 atom stereocenters. The van der Waals surface area contributed by atoms with Crippen LogP contribution in [0.3, 0.4) is 0 Å². The highest BCUT2D eigenvalue weighted by molar-refractivity contribution is 5.92. The third-order valence-electron chi connectivity index (χ3n) is 4.52. The molecule has 2 N–H and O–H groups in total. The first kappa shape index (κ1) is 17.1. The Bertz CT molecular complexity index is 763. The Labute approximate surface area is 144 Å². The molecule has 1 aliphatic rings. The van der Waals surface area contributed by atoms with Gasteiger partial charge in [0, 0.05) is 19.8 Å². The minimum absolute atomic E-state index is 0.0436. The Morgan fingerprint density at radius 1 is 1.28 bits per heavy atom. The van der Waals surface area contributed by atoms with Gasteiger partial charge in [0.2, 0.25) is 0 Å². The molecule has 1 saturated heterocycles. The van der Waals surface area contributed by atoms with E-state index in [9.17, 15) is 14.7 Å². The van der Waals surface area contributed by atoms with Gasteiger partial charge in [0.25, 0.3) is 5.91 Å². The molecule has 1 amide bonds. The van der Waals surface area contributed by atoms with Crippen molar-refractivity contribution < 1.29 is 19.4 Å². The quantitative estimate of drug-likeness (QED) is 0.844. The van der Waals surface area contributed by atoms with Crippen molar-refractivity contribution in [1.82, 2.24) is 20.3 Å². The molecular weight excluding hydrogens is 324 g/mol. The molecule has 2 aromatic rings. The van der Waals surface area contributed by atoms with E-state index >= 15 is 0 Å². The lowest BCUT2D eigenvalue weighted by atomic mass is 9.80. The molecule has 0 unspecified atom stereocenters. The third-order valence-corrected chi connectivity index (χ3v) is 4.52. The van der Waals surface area contributed by atoms with Crippen LogP contribution in [0, 0.1) is 12.3 Å². The molecule has 8 heteroatoms. The lowest BCUT2D eigenvalue weighted by molar-refractivity contribution is -0.154. The number of hydrogen-bond donors (Lipinski definition) is 2. The molecule has 1 aliphatic heterocycles. The van der Waals surface area contributed by atoms with Crippen LogP contribution in [0.4, 0.5) is 0 Å². The van der Waals surface area contributed by atoms with Gasteiger partial charge in [-0.15, -0.1) is 5.10 Å². The van der Waals surface area contributed by atoms with E-state index in [0.29, 0.717) is 26.1 Å². The van der Waals surface area contributed by atoms with E-state index in [1.54, 1.807) is 0 Å². The summed E-state index contributed by atoms with van der Waals surface area (Å²) >= 11 is 0. The zero-order chi connectivity index (χ0) is 17.9. The van der Waals surface area contributed by atoms with Crippen molar-refractivity contribution in [2.45, 2.75) is 19.8 Å². The summed E-state index contributed by atoms with van der Waals surface area (Å²) in [5.74, 6) is -1.36. The van der Waals surface area contributed by atoms with Crippen LogP contribution < -0.4 is 5.32 Å². The Hall–Kier alpha value is -2.74. The third kappa shape index (κ3) is 3.69. The average Bonchev–Trinajstić information content (AvgIpc) is 3.11. The minimum atomic E-state index is -0.985. The van der Waals surface area contributed by atoms with Crippen LogP contribution >= 0.6 is 0 Å². The smallest absolute Gasteiger partial charge is 0.311 e. The van der Waals surface area contributed by atoms with Gasteiger partial charge in [-0.05, 0) is 31.9 Å². The number of carbonyl (C=O) groups is 2. The number of carbonyl (C=O) groups excluding carboxylic acids is 1. The maximum atomic E-state index is 12.3. The second-order valence-electron chi connectivity index (χ2n) is 6.26. The Balaban J connectivity index is 1.67. The van der Waals surface area contributed by atoms with Crippen LogP contribution in [0.15, 0.2) is 30.5 Å². The summed E-state index contributed by atoms with van der Waals surface area (Å²) in [6, 6.07) is 7.65. The van der Waals surface area contributed by atoms with E-state index in [1.807, 2.05) is 31.2 Å². The summed E-state index contributed by atoms with van der Waals surface area (Å²) in [5, 5.41) is 20.0. The summed E-state index contributed by atoms with van der Waals surface area (Å²) < 4.78 is 6.74. The summed E-state index contributed by atoms with van der Waals surface area (Å²) in [5.41, 5.74) is 1.08. The van der Waals surface area contributed by atoms with Crippen LogP contribution in [0.25, 0.3) is 5.69 Å². The second-order valence-corrected chi connectivity index (χ2v) is 6.26.